The number of hydrogen-bond acceptors (Lipinski definition) is 3. The van der Waals surface area contributed by atoms with E-state index in [1.54, 1.807) is 31.3 Å². The van der Waals surface area contributed by atoms with Crippen LogP contribution in [0.25, 0.3) is 0 Å². The molecule has 0 aliphatic carbocycles. The highest BCUT2D eigenvalue weighted by Crippen LogP contribution is 2.15. The molecule has 3 nitrogen and oxygen atoms in total. The van der Waals surface area contributed by atoms with Crippen molar-refractivity contribution in [2.75, 3.05) is 14.1 Å². The van der Waals surface area contributed by atoms with Crippen LogP contribution in [0.1, 0.15) is 0 Å². The van der Waals surface area contributed by atoms with Crippen LogP contribution >= 0.6 is 23.8 Å². The molecule has 0 aliphatic rings. The van der Waals surface area contributed by atoms with E-state index in [-0.39, 0.29) is 0 Å². The molecule has 1 heterocycles. The maximum Gasteiger partial charge on any atom is 0.264 e. The Balaban J connectivity index is 2.69. The molecule has 0 fully saturated rings. The molecule has 70 valence electrons. The van der Waals surface area contributed by atoms with Crippen LogP contribution in [0.5, 0.6) is 5.75 Å². The van der Waals surface area contributed by atoms with Gasteiger partial charge in [-0.05, 0) is 12.2 Å². The standard InChI is InChI=1S/C8H9ClN2OS/c1-11(2)8(13)12-7-3-6(9)4-10-5-7/h3-5H,1-2H3. The summed E-state index contributed by atoms with van der Waals surface area (Å²) < 4.78 is 5.27. The predicted molar refractivity (Wildman–Crippen MR) is 56.2 cm³/mol. The second-order valence-corrected chi connectivity index (χ2v) is 3.39. The first-order chi connectivity index (χ1) is 6.09. The molecular formula is C8H9ClN2OS. The summed E-state index contributed by atoms with van der Waals surface area (Å²) in [5.41, 5.74) is 0. The van der Waals surface area contributed by atoms with Crippen molar-refractivity contribution in [1.82, 2.24) is 9.88 Å². The van der Waals surface area contributed by atoms with Crippen LogP contribution in [0.2, 0.25) is 5.02 Å². The lowest BCUT2D eigenvalue weighted by molar-refractivity contribution is 0.448. The van der Waals surface area contributed by atoms with E-state index in [9.17, 15) is 0 Å². The zero-order chi connectivity index (χ0) is 9.84. The first kappa shape index (κ1) is 10.2. The van der Waals surface area contributed by atoms with Crippen molar-refractivity contribution in [3.05, 3.63) is 23.5 Å². The van der Waals surface area contributed by atoms with Gasteiger partial charge in [0, 0.05) is 26.4 Å². The van der Waals surface area contributed by atoms with Crippen molar-refractivity contribution >= 4 is 29.0 Å². The molecule has 1 aromatic heterocycles. The summed E-state index contributed by atoms with van der Waals surface area (Å²) in [5.74, 6) is 0.547. The Bertz CT molecular complexity index is 317. The van der Waals surface area contributed by atoms with E-state index in [1.807, 2.05) is 0 Å². The molecule has 0 saturated heterocycles. The molecule has 0 atom stereocenters. The number of pyridine rings is 1. The van der Waals surface area contributed by atoms with Gasteiger partial charge in [0.05, 0.1) is 11.2 Å². The summed E-state index contributed by atoms with van der Waals surface area (Å²) in [6.07, 6.45) is 3.09. The molecule has 13 heavy (non-hydrogen) atoms. The number of hydrogen-bond donors (Lipinski definition) is 0. The molecule has 0 bridgehead atoms. The summed E-state index contributed by atoms with van der Waals surface area (Å²) in [6, 6.07) is 1.66. The number of rotatable bonds is 1. The zero-order valence-electron chi connectivity index (χ0n) is 7.32. The quantitative estimate of drug-likeness (QED) is 0.671. The first-order valence-electron chi connectivity index (χ1n) is 3.59. The smallest absolute Gasteiger partial charge is 0.264 e. The fourth-order valence-corrected chi connectivity index (χ4v) is 0.900. The van der Waals surface area contributed by atoms with Gasteiger partial charge in [-0.25, -0.2) is 0 Å². The first-order valence-corrected chi connectivity index (χ1v) is 4.38. The molecule has 0 spiro atoms. The molecule has 1 aromatic rings. The topological polar surface area (TPSA) is 25.4 Å². The van der Waals surface area contributed by atoms with Crippen molar-refractivity contribution in [2.45, 2.75) is 0 Å². The zero-order valence-corrected chi connectivity index (χ0v) is 8.89. The Morgan fingerprint density at radius 3 is 2.77 bits per heavy atom. The summed E-state index contributed by atoms with van der Waals surface area (Å²) >= 11 is 10.6. The van der Waals surface area contributed by atoms with Crippen molar-refractivity contribution in [3.8, 4) is 5.75 Å². The van der Waals surface area contributed by atoms with E-state index in [4.69, 9.17) is 28.6 Å². The van der Waals surface area contributed by atoms with Crippen molar-refractivity contribution in [2.24, 2.45) is 0 Å². The minimum Gasteiger partial charge on any atom is -0.430 e. The normalized spacial score (nSPS) is 9.46. The highest BCUT2D eigenvalue weighted by atomic mass is 35.5. The molecule has 0 saturated carbocycles. The third kappa shape index (κ3) is 3.16. The summed E-state index contributed by atoms with van der Waals surface area (Å²) in [4.78, 5) is 5.55. The lowest BCUT2D eigenvalue weighted by Gasteiger charge is -2.13. The van der Waals surface area contributed by atoms with E-state index in [2.05, 4.69) is 4.98 Å². The predicted octanol–water partition coefficient (Wildman–Crippen LogP) is 1.96. The Kier molecular flexibility index (Phi) is 3.45. The van der Waals surface area contributed by atoms with Gasteiger partial charge in [0.25, 0.3) is 5.17 Å². The minimum absolute atomic E-state index is 0.379. The van der Waals surface area contributed by atoms with Gasteiger partial charge in [-0.1, -0.05) is 11.6 Å². The lowest BCUT2D eigenvalue weighted by atomic mass is 10.5. The average molecular weight is 217 g/mol. The number of thiocarbonyl (C=S) groups is 1. The van der Waals surface area contributed by atoms with E-state index in [0.29, 0.717) is 15.9 Å². The van der Waals surface area contributed by atoms with E-state index in [0.717, 1.165) is 0 Å². The van der Waals surface area contributed by atoms with Gasteiger partial charge in [0.1, 0.15) is 5.75 Å². The second-order valence-electron chi connectivity index (χ2n) is 2.60. The average Bonchev–Trinajstić information content (AvgIpc) is 2.04. The van der Waals surface area contributed by atoms with Gasteiger partial charge < -0.3 is 9.64 Å². The lowest BCUT2D eigenvalue weighted by Crippen LogP contribution is -2.24. The molecule has 0 aromatic carbocycles. The monoisotopic (exact) mass is 216 g/mol. The van der Waals surface area contributed by atoms with E-state index >= 15 is 0 Å². The molecule has 5 heteroatoms. The fourth-order valence-electron chi connectivity index (χ4n) is 0.640. The second kappa shape index (κ2) is 4.39. The Morgan fingerprint density at radius 1 is 1.54 bits per heavy atom. The molecule has 0 unspecified atom stereocenters. The molecule has 0 radical (unpaired) electrons. The molecule has 0 amide bonds. The van der Waals surface area contributed by atoms with Crippen LogP contribution in [-0.2, 0) is 0 Å². The van der Waals surface area contributed by atoms with E-state index < -0.39 is 0 Å². The minimum atomic E-state index is 0.379. The Morgan fingerprint density at radius 2 is 2.23 bits per heavy atom. The van der Waals surface area contributed by atoms with Crippen LogP contribution in [0.4, 0.5) is 0 Å². The van der Waals surface area contributed by atoms with Crippen molar-refractivity contribution < 1.29 is 4.74 Å². The van der Waals surface area contributed by atoms with Crippen LogP contribution in [0.15, 0.2) is 18.5 Å². The number of aromatic nitrogens is 1. The van der Waals surface area contributed by atoms with Gasteiger partial charge in [-0.15, -0.1) is 0 Å². The van der Waals surface area contributed by atoms with Crippen LogP contribution in [0.3, 0.4) is 0 Å². The third-order valence-corrected chi connectivity index (χ3v) is 1.91. The van der Waals surface area contributed by atoms with Gasteiger partial charge in [0.15, 0.2) is 0 Å². The fraction of sp³-hybridized carbons (Fsp3) is 0.250. The maximum absolute atomic E-state index is 5.71. The highest BCUT2D eigenvalue weighted by Gasteiger charge is 2.02. The molecule has 0 aliphatic heterocycles. The SMILES string of the molecule is CN(C)C(=S)Oc1cncc(Cl)c1. The molecule has 1 rings (SSSR count). The van der Waals surface area contributed by atoms with Gasteiger partial charge in [-0.2, -0.15) is 0 Å². The number of nitrogens with zero attached hydrogens (tertiary/aromatic N) is 2. The summed E-state index contributed by atoms with van der Waals surface area (Å²) in [5, 5.41) is 0.906. The summed E-state index contributed by atoms with van der Waals surface area (Å²) in [7, 11) is 3.61. The largest absolute Gasteiger partial charge is 0.430 e. The highest BCUT2D eigenvalue weighted by molar-refractivity contribution is 7.80. The van der Waals surface area contributed by atoms with Gasteiger partial charge >= 0.3 is 0 Å². The van der Waals surface area contributed by atoms with Crippen molar-refractivity contribution in [3.63, 3.8) is 0 Å². The van der Waals surface area contributed by atoms with Crippen molar-refractivity contribution in [1.29, 1.82) is 0 Å². The van der Waals surface area contributed by atoms with Gasteiger partial charge in [-0.3, -0.25) is 4.98 Å². The van der Waals surface area contributed by atoms with Crippen LogP contribution in [-0.4, -0.2) is 29.2 Å². The van der Waals surface area contributed by atoms with E-state index in [1.165, 1.54) is 6.20 Å². The third-order valence-electron chi connectivity index (χ3n) is 1.25. The number of ether oxygens (including phenoxy) is 1. The molecular weight excluding hydrogens is 208 g/mol. The number of halogens is 1. The van der Waals surface area contributed by atoms with Crippen LogP contribution < -0.4 is 4.74 Å². The maximum atomic E-state index is 5.71. The Labute approximate surface area is 87.3 Å². The van der Waals surface area contributed by atoms with Gasteiger partial charge in [0.2, 0.25) is 0 Å². The Hall–Kier alpha value is -0.870. The van der Waals surface area contributed by atoms with Crippen LogP contribution in [0, 0.1) is 0 Å². The summed E-state index contributed by atoms with van der Waals surface area (Å²) in [6.45, 7) is 0. The molecule has 0 N–H and O–H groups in total.